The Morgan fingerprint density at radius 1 is 0.408 bits per heavy atom. The molecule has 0 N–H and O–H groups in total. The molecule has 0 aromatic heterocycles. The van der Waals surface area contributed by atoms with E-state index in [-0.39, 0.29) is 23.2 Å². The fraction of sp³-hybridized carbons (Fsp3) is 0.531. The lowest BCUT2D eigenvalue weighted by atomic mass is 9.97. The highest BCUT2D eigenvalue weighted by Gasteiger charge is 2.59. The van der Waals surface area contributed by atoms with Gasteiger partial charge < -0.3 is 42.0 Å². The third kappa shape index (κ3) is 14.8. The predicted octanol–water partition coefficient (Wildman–Crippen LogP) is 15.7. The van der Waals surface area contributed by atoms with E-state index in [0.29, 0.717) is 43.1 Å². The van der Waals surface area contributed by atoms with Gasteiger partial charge in [-0.3, -0.25) is 0 Å². The molecule has 2 aliphatic rings. The van der Waals surface area contributed by atoms with Crippen LogP contribution in [-0.4, -0.2) is 83.8 Å². The molecule has 0 spiro atoms. The van der Waals surface area contributed by atoms with Gasteiger partial charge in [-0.15, -0.1) is 0 Å². The molecule has 0 unspecified atom stereocenters. The molecule has 12 heteroatoms. The summed E-state index contributed by atoms with van der Waals surface area (Å²) in [6.45, 7) is 31.9. The molecule has 0 amide bonds. The minimum absolute atomic E-state index is 0.209. The van der Waals surface area contributed by atoms with Crippen molar-refractivity contribution in [1.82, 2.24) is 0 Å². The van der Waals surface area contributed by atoms with Crippen LogP contribution in [0.25, 0.3) is 0 Å². The quantitative estimate of drug-likeness (QED) is 0.0474. The van der Waals surface area contributed by atoms with Gasteiger partial charge in [0.1, 0.15) is 42.1 Å². The number of hydrogen-bond acceptors (Lipinski definition) is 10. The van der Waals surface area contributed by atoms with E-state index in [9.17, 15) is 0 Å². The van der Waals surface area contributed by atoms with Crippen LogP contribution in [0.3, 0.4) is 0 Å². The average Bonchev–Trinajstić information content (AvgIpc) is 3.43. The summed E-state index contributed by atoms with van der Waals surface area (Å²) in [5.41, 5.74) is 5.51. The van der Waals surface area contributed by atoms with Crippen molar-refractivity contribution >= 4 is 28.4 Å². The van der Waals surface area contributed by atoms with Crippen LogP contribution in [0.1, 0.15) is 112 Å². The van der Waals surface area contributed by atoms with Crippen LogP contribution >= 0.6 is 11.8 Å². The highest BCUT2D eigenvalue weighted by atomic mass is 32.2. The molecular weight excluding hydrogens is 1000 g/mol. The van der Waals surface area contributed by atoms with Gasteiger partial charge in [0.2, 0.25) is 16.6 Å². The Morgan fingerprint density at radius 3 is 1.20 bits per heavy atom. The molecule has 0 aliphatic carbocycles. The van der Waals surface area contributed by atoms with Crippen LogP contribution in [0.15, 0.2) is 157 Å². The topological polar surface area (TPSA) is 83.1 Å². The molecule has 414 valence electrons. The van der Waals surface area contributed by atoms with Crippen molar-refractivity contribution in [2.24, 2.45) is 0 Å². The van der Waals surface area contributed by atoms with Crippen LogP contribution in [0.4, 0.5) is 0 Å². The van der Waals surface area contributed by atoms with E-state index >= 15 is 0 Å². The van der Waals surface area contributed by atoms with Crippen LogP contribution in [0.2, 0.25) is 33.2 Å². The summed E-state index contributed by atoms with van der Waals surface area (Å²) in [4.78, 5) is 1.05. The van der Waals surface area contributed by atoms with E-state index in [1.807, 2.05) is 66.7 Å². The summed E-state index contributed by atoms with van der Waals surface area (Å²) in [6.07, 6.45) is -5.83. The van der Waals surface area contributed by atoms with E-state index in [1.54, 1.807) is 11.8 Å². The molecule has 10 atom stereocenters. The number of rotatable bonds is 27. The van der Waals surface area contributed by atoms with Gasteiger partial charge in [-0.1, -0.05) is 234 Å². The lowest BCUT2D eigenvalue weighted by Gasteiger charge is -2.55. The minimum atomic E-state index is -2.65. The molecule has 5 aromatic carbocycles. The predicted molar refractivity (Wildman–Crippen MR) is 313 cm³/mol. The van der Waals surface area contributed by atoms with Gasteiger partial charge in [-0.25, -0.2) is 0 Å². The lowest BCUT2D eigenvalue weighted by molar-refractivity contribution is -0.344. The van der Waals surface area contributed by atoms with E-state index < -0.39 is 77.2 Å². The van der Waals surface area contributed by atoms with Crippen molar-refractivity contribution in [3.63, 3.8) is 0 Å². The zero-order valence-corrected chi connectivity index (χ0v) is 50.6. The highest BCUT2D eigenvalue weighted by molar-refractivity contribution is 7.99. The van der Waals surface area contributed by atoms with Gasteiger partial charge in [0, 0.05) is 4.90 Å². The molecule has 0 saturated carbocycles. The number of thioether (sulfide) groups is 1. The Hall–Kier alpha value is -3.48. The average molecular weight is 1090 g/mol. The van der Waals surface area contributed by atoms with Crippen molar-refractivity contribution in [1.29, 1.82) is 0 Å². The molecule has 2 saturated heterocycles. The lowest BCUT2D eigenvalue weighted by Crippen LogP contribution is -2.68. The van der Waals surface area contributed by atoms with Gasteiger partial charge in [0.05, 0.1) is 45.2 Å². The van der Waals surface area contributed by atoms with Gasteiger partial charge in [0.25, 0.3) is 0 Å². The maximum absolute atomic E-state index is 8.15. The number of benzene rings is 5. The van der Waals surface area contributed by atoms with Crippen molar-refractivity contribution in [2.75, 3.05) is 6.61 Å². The fourth-order valence-electron chi connectivity index (χ4n) is 12.4. The molecule has 7 rings (SSSR count). The zero-order chi connectivity index (χ0) is 54.4. The monoisotopic (exact) mass is 1090 g/mol. The third-order valence-electron chi connectivity index (χ3n) is 15.9. The highest BCUT2D eigenvalue weighted by Crippen LogP contribution is 2.49. The Kier molecular flexibility index (Phi) is 22.6. The second kappa shape index (κ2) is 28.6. The second-order valence-electron chi connectivity index (χ2n) is 22.9. The normalized spacial score (nSPS) is 24.6. The van der Waals surface area contributed by atoms with Crippen LogP contribution in [0.5, 0.6) is 0 Å². The van der Waals surface area contributed by atoms with Gasteiger partial charge in [-0.05, 0) is 74.6 Å². The summed E-state index contributed by atoms with van der Waals surface area (Å²) in [6, 6.07) is 51.6. The van der Waals surface area contributed by atoms with Crippen LogP contribution in [0, 0.1) is 0 Å². The van der Waals surface area contributed by atoms with Crippen molar-refractivity contribution in [3.05, 3.63) is 174 Å². The van der Waals surface area contributed by atoms with E-state index in [2.05, 4.69) is 175 Å². The molecule has 2 fully saturated rings. The molecule has 0 radical (unpaired) electrons. The summed E-state index contributed by atoms with van der Waals surface area (Å²) < 4.78 is 67.3. The van der Waals surface area contributed by atoms with E-state index in [4.69, 9.17) is 42.0 Å². The maximum Gasteiger partial charge on any atom is 0.201 e. The van der Waals surface area contributed by atoms with Crippen LogP contribution in [-0.2, 0) is 68.4 Å². The van der Waals surface area contributed by atoms with E-state index in [0.717, 1.165) is 27.1 Å². The Balaban J connectivity index is 1.39. The SMILES string of the molecule is CC(C)[Si](O[C@@H]1[C@@H](O[Si](C(C)C)(C(C)C)C(C)C)[C@H](C)O[C@@H](O[C@H]2[C@H](OCc3ccccc3)[C@@H](OCc3ccccc3)[C@H](Sc3ccccc3)O[C@@H]2COCc2ccccc2)[C@@H]1OCc1ccccc1)(C(C)C)C(C)C. The fourth-order valence-corrected chi connectivity index (χ4v) is 24.8. The summed E-state index contributed by atoms with van der Waals surface area (Å²) >= 11 is 1.63. The van der Waals surface area contributed by atoms with Crippen molar-refractivity contribution in [3.8, 4) is 0 Å². The summed E-state index contributed by atoms with van der Waals surface area (Å²) in [5.74, 6) is 0. The standard InChI is InChI=1S/C64H90O9SSi2/c1-44(2)75(45(3)4,46(5)6)72-57-50(13)69-63(61(67-41-53-33-23-16-24-34-53)60(57)73-76(47(7)8,48(9)10)49(11)12)71-58-56(43-65-39-51-29-19-14-20-30-51)70-64(74-55-37-27-18-28-38-55)62(68-42-54-35-25-17-26-36-54)59(58)66-40-52-31-21-15-22-32-52/h14-38,44-50,56-64H,39-43H2,1-13H3/t50-,56+,57-,58+,59-,60+,61+,62+,63-,64-/m0/s1. The molecule has 76 heavy (non-hydrogen) atoms. The van der Waals surface area contributed by atoms with Crippen LogP contribution < -0.4 is 0 Å². The zero-order valence-electron chi connectivity index (χ0n) is 47.8. The third-order valence-corrected chi connectivity index (χ3v) is 29.3. The first kappa shape index (κ1) is 60.2. The number of hydrogen-bond donors (Lipinski definition) is 0. The van der Waals surface area contributed by atoms with Crippen molar-refractivity contribution < 1.29 is 42.0 Å². The summed E-state index contributed by atoms with van der Waals surface area (Å²) in [7, 11) is -5.20. The first-order valence-corrected chi connectivity index (χ1v) is 33.3. The van der Waals surface area contributed by atoms with Gasteiger partial charge >= 0.3 is 0 Å². The first-order chi connectivity index (χ1) is 36.5. The molecule has 5 aromatic rings. The Labute approximate surface area is 463 Å². The van der Waals surface area contributed by atoms with Gasteiger partial charge in [-0.2, -0.15) is 0 Å². The number of ether oxygens (including phenoxy) is 7. The Morgan fingerprint density at radius 2 is 0.776 bits per heavy atom. The largest absolute Gasteiger partial charge is 0.408 e. The van der Waals surface area contributed by atoms with Crippen molar-refractivity contribution in [2.45, 2.75) is 215 Å². The summed E-state index contributed by atoms with van der Waals surface area (Å²) in [5, 5.41) is 0. The second-order valence-corrected chi connectivity index (χ2v) is 34.9. The molecule has 2 heterocycles. The smallest absolute Gasteiger partial charge is 0.201 e. The molecule has 2 aliphatic heterocycles. The van der Waals surface area contributed by atoms with E-state index in [1.165, 1.54) is 0 Å². The molecular formula is C64H90O9SSi2. The first-order valence-electron chi connectivity index (χ1n) is 28.2. The maximum atomic E-state index is 8.15. The minimum Gasteiger partial charge on any atom is -0.408 e. The van der Waals surface area contributed by atoms with Gasteiger partial charge in [0.15, 0.2) is 6.29 Å². The molecule has 9 nitrogen and oxygen atoms in total. The Bertz CT molecular complexity index is 2350. The molecule has 0 bridgehead atoms.